The highest BCUT2D eigenvalue weighted by atomic mass is 32.1. The number of nitrogens with zero attached hydrogens (tertiary/aromatic N) is 4. The third-order valence-electron chi connectivity index (χ3n) is 6.24. The minimum Gasteiger partial charge on any atom is -0.387 e. The number of imidazole rings is 1. The molecule has 29 heavy (non-hydrogen) atoms. The number of hydrogen-bond donors (Lipinski definition) is 1. The first-order valence-electron chi connectivity index (χ1n) is 10.4. The van der Waals surface area contributed by atoms with Gasteiger partial charge in [0.15, 0.2) is 10.7 Å². The van der Waals surface area contributed by atoms with E-state index in [1.165, 1.54) is 0 Å². The van der Waals surface area contributed by atoms with Gasteiger partial charge in [0.1, 0.15) is 0 Å². The number of fused-ring (bicyclic) bond motifs is 1. The van der Waals surface area contributed by atoms with Crippen LogP contribution < -0.4 is 0 Å². The first kappa shape index (κ1) is 19.2. The zero-order valence-corrected chi connectivity index (χ0v) is 18.0. The average molecular weight is 431 g/mol. The number of aromatic nitrogens is 2. The van der Waals surface area contributed by atoms with Gasteiger partial charge in [-0.1, -0.05) is 6.07 Å². The van der Waals surface area contributed by atoms with Crippen molar-refractivity contribution in [2.24, 2.45) is 5.92 Å². The topological polar surface area (TPSA) is 61.1 Å². The summed E-state index contributed by atoms with van der Waals surface area (Å²) in [6.45, 7) is 4.28. The SMILES string of the molecule is O=C(c1nc2sccn2c1CN1CCC([C@@H](O)c2cccs2)CC1)N1CCCC1. The summed E-state index contributed by atoms with van der Waals surface area (Å²) in [6, 6.07) is 4.03. The maximum atomic E-state index is 13.1. The van der Waals surface area contributed by atoms with Crippen LogP contribution in [0.1, 0.15) is 52.8 Å². The number of hydrogen-bond acceptors (Lipinski definition) is 6. The van der Waals surface area contributed by atoms with Crippen molar-refractivity contribution in [3.05, 3.63) is 45.4 Å². The minimum absolute atomic E-state index is 0.0800. The molecule has 3 aromatic rings. The fourth-order valence-corrected chi connectivity index (χ4v) is 6.09. The summed E-state index contributed by atoms with van der Waals surface area (Å²) in [5, 5.41) is 14.7. The zero-order chi connectivity index (χ0) is 19.8. The molecule has 0 bridgehead atoms. The second-order valence-electron chi connectivity index (χ2n) is 8.04. The van der Waals surface area contributed by atoms with E-state index in [0.29, 0.717) is 11.6 Å². The highest BCUT2D eigenvalue weighted by Gasteiger charge is 2.30. The molecule has 6 nitrogen and oxygen atoms in total. The Labute approximate surface area is 178 Å². The van der Waals surface area contributed by atoms with Gasteiger partial charge in [-0.2, -0.15) is 0 Å². The number of rotatable bonds is 5. The van der Waals surface area contributed by atoms with Crippen LogP contribution in [0.5, 0.6) is 0 Å². The van der Waals surface area contributed by atoms with Crippen molar-refractivity contribution in [3.8, 4) is 0 Å². The van der Waals surface area contributed by atoms with Crippen molar-refractivity contribution in [2.75, 3.05) is 26.2 Å². The molecule has 0 unspecified atom stereocenters. The van der Waals surface area contributed by atoms with E-state index in [4.69, 9.17) is 0 Å². The molecular formula is C21H26N4O2S2. The molecule has 0 spiro atoms. The fourth-order valence-electron chi connectivity index (χ4n) is 4.56. The Balaban J connectivity index is 1.30. The third kappa shape index (κ3) is 3.74. The van der Waals surface area contributed by atoms with Crippen LogP contribution in [-0.2, 0) is 6.54 Å². The summed E-state index contributed by atoms with van der Waals surface area (Å²) in [5.41, 5.74) is 1.63. The van der Waals surface area contributed by atoms with Gasteiger partial charge < -0.3 is 10.0 Å². The molecule has 1 amide bonds. The van der Waals surface area contributed by atoms with Crippen LogP contribution in [-0.4, -0.2) is 56.4 Å². The quantitative estimate of drug-likeness (QED) is 0.671. The molecule has 1 atom stereocenters. The van der Waals surface area contributed by atoms with E-state index in [9.17, 15) is 9.90 Å². The van der Waals surface area contributed by atoms with Crippen LogP contribution in [0, 0.1) is 5.92 Å². The Morgan fingerprint density at radius 1 is 1.17 bits per heavy atom. The molecular weight excluding hydrogens is 404 g/mol. The number of thiazole rings is 1. The van der Waals surface area contributed by atoms with Crippen LogP contribution >= 0.6 is 22.7 Å². The lowest BCUT2D eigenvalue weighted by atomic mass is 9.90. The van der Waals surface area contributed by atoms with E-state index in [2.05, 4.69) is 14.3 Å². The van der Waals surface area contributed by atoms with Gasteiger partial charge >= 0.3 is 0 Å². The summed E-state index contributed by atoms with van der Waals surface area (Å²) in [7, 11) is 0. The Morgan fingerprint density at radius 2 is 1.97 bits per heavy atom. The van der Waals surface area contributed by atoms with E-state index < -0.39 is 0 Å². The molecule has 0 saturated carbocycles. The lowest BCUT2D eigenvalue weighted by Gasteiger charge is -2.34. The highest BCUT2D eigenvalue weighted by Crippen LogP contribution is 2.33. The molecule has 0 aliphatic carbocycles. The van der Waals surface area contributed by atoms with Gasteiger partial charge in [-0.05, 0) is 56.1 Å². The van der Waals surface area contributed by atoms with Gasteiger partial charge in [-0.15, -0.1) is 22.7 Å². The van der Waals surface area contributed by atoms with Gasteiger partial charge in [0.05, 0.1) is 11.8 Å². The lowest BCUT2D eigenvalue weighted by molar-refractivity contribution is 0.0584. The maximum absolute atomic E-state index is 13.1. The Morgan fingerprint density at radius 3 is 2.69 bits per heavy atom. The van der Waals surface area contributed by atoms with Crippen LogP contribution in [0.15, 0.2) is 29.1 Å². The predicted octanol–water partition coefficient (Wildman–Crippen LogP) is 3.64. The molecule has 2 aliphatic heterocycles. The van der Waals surface area contributed by atoms with E-state index in [1.54, 1.807) is 22.7 Å². The number of likely N-dealkylation sites (tertiary alicyclic amines) is 2. The van der Waals surface area contributed by atoms with Crippen molar-refractivity contribution in [2.45, 2.75) is 38.3 Å². The Bertz CT molecular complexity index is 966. The monoisotopic (exact) mass is 430 g/mol. The largest absolute Gasteiger partial charge is 0.387 e. The summed E-state index contributed by atoms with van der Waals surface area (Å²) < 4.78 is 2.08. The summed E-state index contributed by atoms with van der Waals surface area (Å²) in [5.74, 6) is 0.388. The number of aliphatic hydroxyl groups is 1. The normalized spacial score (nSPS) is 20.0. The molecule has 3 aromatic heterocycles. The third-order valence-corrected chi connectivity index (χ3v) is 7.94. The molecule has 1 N–H and O–H groups in total. The van der Waals surface area contributed by atoms with Gasteiger partial charge in [0, 0.05) is 36.1 Å². The van der Waals surface area contributed by atoms with E-state index in [0.717, 1.165) is 73.9 Å². The molecule has 154 valence electrons. The van der Waals surface area contributed by atoms with E-state index in [1.807, 2.05) is 34.0 Å². The van der Waals surface area contributed by atoms with Crippen molar-refractivity contribution >= 4 is 33.5 Å². The number of piperidine rings is 1. The average Bonchev–Trinajstić information content (AvgIpc) is 3.54. The van der Waals surface area contributed by atoms with Crippen molar-refractivity contribution in [1.82, 2.24) is 19.2 Å². The number of carbonyl (C=O) groups is 1. The molecule has 2 aliphatic rings. The van der Waals surface area contributed by atoms with Crippen LogP contribution in [0.25, 0.3) is 4.96 Å². The van der Waals surface area contributed by atoms with E-state index >= 15 is 0 Å². The molecule has 5 heterocycles. The Kier molecular flexibility index (Phi) is 5.43. The molecule has 0 radical (unpaired) electrons. The van der Waals surface area contributed by atoms with Crippen LogP contribution in [0.2, 0.25) is 0 Å². The molecule has 2 fully saturated rings. The number of carbonyl (C=O) groups excluding carboxylic acids is 1. The summed E-state index contributed by atoms with van der Waals surface area (Å²) in [4.78, 5) is 24.0. The predicted molar refractivity (Wildman–Crippen MR) is 115 cm³/mol. The van der Waals surface area contributed by atoms with Crippen molar-refractivity contribution in [1.29, 1.82) is 0 Å². The first-order chi connectivity index (χ1) is 14.2. The highest BCUT2D eigenvalue weighted by molar-refractivity contribution is 7.15. The molecule has 5 rings (SSSR count). The van der Waals surface area contributed by atoms with Crippen molar-refractivity contribution < 1.29 is 9.90 Å². The van der Waals surface area contributed by atoms with Gasteiger partial charge in [-0.3, -0.25) is 14.1 Å². The summed E-state index contributed by atoms with van der Waals surface area (Å²) >= 11 is 3.21. The number of amides is 1. The van der Waals surface area contributed by atoms with Crippen molar-refractivity contribution in [3.63, 3.8) is 0 Å². The maximum Gasteiger partial charge on any atom is 0.274 e. The first-order valence-corrected chi connectivity index (χ1v) is 12.1. The van der Waals surface area contributed by atoms with Gasteiger partial charge in [0.2, 0.25) is 0 Å². The molecule has 0 aromatic carbocycles. The molecule has 8 heteroatoms. The second kappa shape index (κ2) is 8.18. The Hall–Kier alpha value is -1.74. The van der Waals surface area contributed by atoms with Crippen LogP contribution in [0.3, 0.4) is 0 Å². The lowest BCUT2D eigenvalue weighted by Crippen LogP contribution is -2.36. The zero-order valence-electron chi connectivity index (χ0n) is 16.4. The fraction of sp³-hybridized carbons (Fsp3) is 0.524. The molecule has 2 saturated heterocycles. The van der Waals surface area contributed by atoms with Gasteiger partial charge in [-0.25, -0.2) is 4.98 Å². The smallest absolute Gasteiger partial charge is 0.274 e. The second-order valence-corrected chi connectivity index (χ2v) is 9.89. The summed E-state index contributed by atoms with van der Waals surface area (Å²) in [6.07, 6.45) is 5.78. The number of aliphatic hydroxyl groups excluding tert-OH is 1. The minimum atomic E-state index is -0.358. The number of thiophene rings is 1. The van der Waals surface area contributed by atoms with Crippen LogP contribution in [0.4, 0.5) is 0 Å². The standard InChI is InChI=1S/C21H26N4O2S2/c26-19(17-4-3-12-28-17)15-5-9-23(10-6-15)14-16-18(20(27)24-7-1-2-8-24)22-21-25(16)11-13-29-21/h3-4,11-13,15,19,26H,1-2,5-10,14H2/t19-/m1/s1. The van der Waals surface area contributed by atoms with Gasteiger partial charge in [0.25, 0.3) is 5.91 Å². The van der Waals surface area contributed by atoms with E-state index in [-0.39, 0.29) is 12.0 Å².